The Labute approximate surface area is 163 Å². The summed E-state index contributed by atoms with van der Waals surface area (Å²) >= 11 is 6.82. The van der Waals surface area contributed by atoms with Gasteiger partial charge in [0.25, 0.3) is 0 Å². The zero-order chi connectivity index (χ0) is 18.6. The molecule has 0 aliphatic rings. The van der Waals surface area contributed by atoms with Gasteiger partial charge in [0.15, 0.2) is 11.5 Å². The molecule has 2 aromatic rings. The van der Waals surface area contributed by atoms with Gasteiger partial charge in [-0.15, -0.1) is 0 Å². The summed E-state index contributed by atoms with van der Waals surface area (Å²) in [5.74, 6) is 0.174. The first-order valence-corrected chi connectivity index (χ1v) is 9.12. The highest BCUT2D eigenvalue weighted by molar-refractivity contribution is 9.13. The minimum Gasteiger partial charge on any atom is -0.504 e. The van der Waals surface area contributed by atoms with E-state index in [0.717, 1.165) is 4.47 Å². The minimum atomic E-state index is -0.103. The average molecular weight is 470 g/mol. The van der Waals surface area contributed by atoms with E-state index in [4.69, 9.17) is 4.74 Å². The second kappa shape index (κ2) is 8.49. The van der Waals surface area contributed by atoms with Gasteiger partial charge < -0.3 is 15.2 Å². The van der Waals surface area contributed by atoms with Gasteiger partial charge in [0, 0.05) is 26.8 Å². The van der Waals surface area contributed by atoms with Crippen molar-refractivity contribution in [3.8, 4) is 11.5 Å². The number of phenols is 1. The highest BCUT2D eigenvalue weighted by atomic mass is 79.9. The molecular weight excluding hydrogens is 452 g/mol. The number of amides is 1. The summed E-state index contributed by atoms with van der Waals surface area (Å²) in [7, 11) is 1.48. The second-order valence-corrected chi connectivity index (χ2v) is 7.24. The van der Waals surface area contributed by atoms with Crippen molar-refractivity contribution in [1.82, 2.24) is 0 Å². The van der Waals surface area contributed by atoms with Crippen molar-refractivity contribution in [3.05, 3.63) is 44.8 Å². The molecule has 25 heavy (non-hydrogen) atoms. The smallest absolute Gasteiger partial charge is 0.226 e. The largest absolute Gasteiger partial charge is 0.504 e. The summed E-state index contributed by atoms with van der Waals surface area (Å²) in [4.78, 5) is 16.2. The number of benzene rings is 2. The molecule has 0 aromatic heterocycles. The van der Waals surface area contributed by atoms with Gasteiger partial charge in [-0.2, -0.15) is 0 Å². The predicted octanol–water partition coefficient (Wildman–Crippen LogP) is 5.27. The van der Waals surface area contributed by atoms with Gasteiger partial charge >= 0.3 is 0 Å². The number of hydrogen-bond acceptors (Lipinski definition) is 4. The van der Waals surface area contributed by atoms with Crippen LogP contribution in [0, 0.1) is 5.92 Å². The molecule has 0 atom stereocenters. The van der Waals surface area contributed by atoms with E-state index in [2.05, 4.69) is 42.2 Å². The molecule has 7 heteroatoms. The van der Waals surface area contributed by atoms with E-state index >= 15 is 0 Å². The summed E-state index contributed by atoms with van der Waals surface area (Å²) in [5, 5.41) is 13.1. The number of aliphatic imine (C=N–C) groups is 1. The number of aromatic hydroxyl groups is 1. The molecule has 0 aliphatic heterocycles. The Bertz CT molecular complexity index is 820. The predicted molar refractivity (Wildman–Crippen MR) is 107 cm³/mol. The summed E-state index contributed by atoms with van der Waals surface area (Å²) in [6.07, 6.45) is 1.54. The van der Waals surface area contributed by atoms with Crippen molar-refractivity contribution in [2.75, 3.05) is 12.4 Å². The molecule has 0 heterocycles. The normalized spacial score (nSPS) is 11.1. The summed E-state index contributed by atoms with van der Waals surface area (Å²) < 4.78 is 6.55. The molecule has 0 bridgehead atoms. The van der Waals surface area contributed by atoms with Crippen molar-refractivity contribution in [3.63, 3.8) is 0 Å². The molecule has 0 spiro atoms. The van der Waals surface area contributed by atoms with Crippen molar-refractivity contribution in [2.24, 2.45) is 10.9 Å². The monoisotopic (exact) mass is 468 g/mol. The number of carbonyl (C=O) groups excluding carboxylic acids is 1. The molecule has 0 saturated heterocycles. The number of nitrogens with zero attached hydrogens (tertiary/aromatic N) is 1. The molecule has 0 radical (unpaired) electrons. The SMILES string of the molecule is COc1cc(Br)c(Br)c(C=Nc2cccc(NC(=O)C(C)C)c2)c1O. The van der Waals surface area contributed by atoms with E-state index < -0.39 is 0 Å². The maximum atomic E-state index is 11.8. The Kier molecular flexibility index (Phi) is 6.61. The number of phenolic OH excluding ortho intramolecular Hbond substituents is 1. The molecule has 1 amide bonds. The number of carbonyl (C=O) groups is 1. The first-order valence-electron chi connectivity index (χ1n) is 7.53. The summed E-state index contributed by atoms with van der Waals surface area (Å²) in [6, 6.07) is 8.84. The van der Waals surface area contributed by atoms with E-state index in [-0.39, 0.29) is 17.6 Å². The lowest BCUT2D eigenvalue weighted by Crippen LogP contribution is -2.17. The number of nitrogens with one attached hydrogen (secondary N) is 1. The fourth-order valence-electron chi connectivity index (χ4n) is 1.98. The average Bonchev–Trinajstić information content (AvgIpc) is 2.58. The number of anilines is 1. The first-order chi connectivity index (χ1) is 11.8. The maximum Gasteiger partial charge on any atom is 0.226 e. The van der Waals surface area contributed by atoms with Crippen molar-refractivity contribution in [1.29, 1.82) is 0 Å². The maximum absolute atomic E-state index is 11.8. The number of methoxy groups -OCH3 is 1. The van der Waals surface area contributed by atoms with Crippen molar-refractivity contribution < 1.29 is 14.6 Å². The molecule has 5 nitrogen and oxygen atoms in total. The van der Waals surface area contributed by atoms with E-state index in [9.17, 15) is 9.90 Å². The minimum absolute atomic E-state index is 0.00871. The van der Waals surface area contributed by atoms with Gasteiger partial charge in [-0.25, -0.2) is 0 Å². The van der Waals surface area contributed by atoms with Crippen molar-refractivity contribution in [2.45, 2.75) is 13.8 Å². The van der Waals surface area contributed by atoms with Gasteiger partial charge in [-0.1, -0.05) is 19.9 Å². The summed E-state index contributed by atoms with van der Waals surface area (Å²) in [5.41, 5.74) is 1.80. The topological polar surface area (TPSA) is 70.9 Å². The van der Waals surface area contributed by atoms with Crippen LogP contribution in [0.5, 0.6) is 11.5 Å². The Morgan fingerprint density at radius 1 is 1.32 bits per heavy atom. The van der Waals surface area contributed by atoms with Crippen LogP contribution in [0.3, 0.4) is 0 Å². The fraction of sp³-hybridized carbons (Fsp3) is 0.222. The first kappa shape index (κ1) is 19.5. The standard InChI is InChI=1S/C18H18Br2N2O3/c1-10(2)18(24)22-12-6-4-5-11(7-12)21-9-13-16(20)14(19)8-15(25-3)17(13)23/h4-10,23H,1-3H3,(H,22,24). The number of ether oxygens (including phenoxy) is 1. The van der Waals surface area contributed by atoms with Gasteiger partial charge in [0.2, 0.25) is 5.91 Å². The van der Waals surface area contributed by atoms with Crippen LogP contribution < -0.4 is 10.1 Å². The Hall–Kier alpha value is -1.86. The van der Waals surface area contributed by atoms with Crippen LogP contribution >= 0.6 is 31.9 Å². The third-order valence-corrected chi connectivity index (χ3v) is 5.41. The van der Waals surface area contributed by atoms with Gasteiger partial charge in [0.1, 0.15) is 0 Å². The number of hydrogen-bond donors (Lipinski definition) is 2. The Morgan fingerprint density at radius 3 is 2.68 bits per heavy atom. The molecule has 2 rings (SSSR count). The fourth-order valence-corrected chi connectivity index (χ4v) is 2.80. The molecule has 0 unspecified atom stereocenters. The Morgan fingerprint density at radius 2 is 2.04 bits per heavy atom. The van der Waals surface area contributed by atoms with Crippen LogP contribution in [0.25, 0.3) is 0 Å². The lowest BCUT2D eigenvalue weighted by molar-refractivity contribution is -0.118. The summed E-state index contributed by atoms with van der Waals surface area (Å²) in [6.45, 7) is 3.66. The zero-order valence-corrected chi connectivity index (χ0v) is 17.2. The number of halogens is 2. The van der Waals surface area contributed by atoms with Gasteiger partial charge in [-0.3, -0.25) is 9.79 Å². The lowest BCUT2D eigenvalue weighted by atomic mass is 10.2. The van der Waals surface area contributed by atoms with Crippen LogP contribution in [0.15, 0.2) is 44.3 Å². The highest BCUT2D eigenvalue weighted by Gasteiger charge is 2.14. The molecule has 0 aliphatic carbocycles. The Balaban J connectivity index is 2.31. The molecule has 0 fully saturated rings. The van der Waals surface area contributed by atoms with E-state index in [1.807, 2.05) is 19.9 Å². The van der Waals surface area contributed by atoms with Crippen LogP contribution in [0.2, 0.25) is 0 Å². The zero-order valence-electron chi connectivity index (χ0n) is 14.0. The molecule has 0 saturated carbocycles. The molecule has 2 aromatic carbocycles. The molecule has 2 N–H and O–H groups in total. The highest BCUT2D eigenvalue weighted by Crippen LogP contribution is 2.39. The third-order valence-electron chi connectivity index (χ3n) is 3.39. The second-order valence-electron chi connectivity index (χ2n) is 5.59. The van der Waals surface area contributed by atoms with Gasteiger partial charge in [0.05, 0.1) is 18.4 Å². The van der Waals surface area contributed by atoms with Crippen LogP contribution in [-0.4, -0.2) is 24.3 Å². The van der Waals surface area contributed by atoms with Crippen LogP contribution in [-0.2, 0) is 4.79 Å². The van der Waals surface area contributed by atoms with Crippen LogP contribution in [0.4, 0.5) is 11.4 Å². The van der Waals surface area contributed by atoms with Crippen LogP contribution in [0.1, 0.15) is 19.4 Å². The molecule has 132 valence electrons. The number of rotatable bonds is 5. The quantitative estimate of drug-likeness (QED) is 0.586. The third kappa shape index (κ3) is 4.83. The molecular formula is C18H18Br2N2O3. The van der Waals surface area contributed by atoms with E-state index in [1.165, 1.54) is 13.3 Å². The van der Waals surface area contributed by atoms with E-state index in [1.54, 1.807) is 24.3 Å². The van der Waals surface area contributed by atoms with Crippen molar-refractivity contribution >= 4 is 55.4 Å². The van der Waals surface area contributed by atoms with E-state index in [0.29, 0.717) is 27.2 Å². The lowest BCUT2D eigenvalue weighted by Gasteiger charge is -2.10. The van der Waals surface area contributed by atoms with Gasteiger partial charge in [-0.05, 0) is 56.1 Å².